The van der Waals surface area contributed by atoms with Crippen molar-refractivity contribution in [2.75, 3.05) is 5.32 Å². The van der Waals surface area contributed by atoms with E-state index in [0.29, 0.717) is 37.5 Å². The van der Waals surface area contributed by atoms with Crippen molar-refractivity contribution in [3.63, 3.8) is 0 Å². The summed E-state index contributed by atoms with van der Waals surface area (Å²) in [6, 6.07) is 8.76. The summed E-state index contributed by atoms with van der Waals surface area (Å²) in [7, 11) is 0. The first kappa shape index (κ1) is 18.6. The van der Waals surface area contributed by atoms with Gasteiger partial charge in [-0.1, -0.05) is 46.9 Å². The summed E-state index contributed by atoms with van der Waals surface area (Å²) in [5.74, 6) is -1.77. The van der Waals surface area contributed by atoms with Gasteiger partial charge in [0.1, 0.15) is 6.04 Å². The molecule has 3 rings (SSSR count). The van der Waals surface area contributed by atoms with Gasteiger partial charge in [0, 0.05) is 27.7 Å². The van der Waals surface area contributed by atoms with E-state index in [2.05, 4.69) is 5.32 Å². The third kappa shape index (κ3) is 3.51. The molecule has 5 nitrogen and oxygen atoms in total. The molecule has 1 atom stereocenters. The number of carbonyl (C=O) groups is 2. The fraction of sp³-hybridized carbons (Fsp3) is 0.111. The highest BCUT2D eigenvalue weighted by molar-refractivity contribution is 6.38. The molecule has 0 aliphatic carbocycles. The maximum Gasteiger partial charge on any atom is 0.326 e. The number of carboxylic acids is 1. The SMILES string of the molecule is NC(=O)/C(=C1\CC(C(=O)O)Nc2cc(Cl)cc(Cl)c21)c1cccc(Cl)c1. The van der Waals surface area contributed by atoms with Crippen LogP contribution in [0.15, 0.2) is 36.4 Å². The lowest BCUT2D eigenvalue weighted by Crippen LogP contribution is -2.33. The van der Waals surface area contributed by atoms with Gasteiger partial charge in [-0.05, 0) is 35.4 Å². The summed E-state index contributed by atoms with van der Waals surface area (Å²) in [6.07, 6.45) is 0.0223. The van der Waals surface area contributed by atoms with E-state index in [1.54, 1.807) is 30.3 Å². The number of hydrogen-bond donors (Lipinski definition) is 3. The molecule has 0 bridgehead atoms. The molecule has 2 aromatic rings. The second-order valence-electron chi connectivity index (χ2n) is 5.78. The highest BCUT2D eigenvalue weighted by Gasteiger charge is 2.32. The maximum atomic E-state index is 12.3. The van der Waals surface area contributed by atoms with Gasteiger partial charge in [0.25, 0.3) is 0 Å². The minimum atomic E-state index is -1.07. The number of primary amides is 1. The van der Waals surface area contributed by atoms with Crippen LogP contribution in [0.3, 0.4) is 0 Å². The van der Waals surface area contributed by atoms with Crippen LogP contribution in [-0.4, -0.2) is 23.0 Å². The number of benzene rings is 2. The van der Waals surface area contributed by atoms with Gasteiger partial charge < -0.3 is 16.2 Å². The first-order valence-corrected chi connectivity index (χ1v) is 8.69. The average molecular weight is 412 g/mol. The predicted octanol–water partition coefficient (Wildman–Crippen LogP) is 4.31. The van der Waals surface area contributed by atoms with Crippen LogP contribution < -0.4 is 11.1 Å². The number of aliphatic carboxylic acids is 1. The van der Waals surface area contributed by atoms with Crippen molar-refractivity contribution < 1.29 is 14.7 Å². The predicted molar refractivity (Wildman–Crippen MR) is 104 cm³/mol. The van der Waals surface area contributed by atoms with E-state index in [-0.39, 0.29) is 12.0 Å². The number of hydrogen-bond acceptors (Lipinski definition) is 3. The quantitative estimate of drug-likeness (QED) is 0.656. The van der Waals surface area contributed by atoms with Crippen LogP contribution >= 0.6 is 34.8 Å². The van der Waals surface area contributed by atoms with E-state index >= 15 is 0 Å². The molecule has 0 radical (unpaired) electrons. The Hall–Kier alpha value is -2.21. The lowest BCUT2D eigenvalue weighted by molar-refractivity contribution is -0.137. The molecule has 4 N–H and O–H groups in total. The molecule has 1 unspecified atom stereocenters. The fourth-order valence-electron chi connectivity index (χ4n) is 3.02. The molecular formula is C18H13Cl3N2O3. The molecule has 0 saturated heterocycles. The third-order valence-corrected chi connectivity index (χ3v) is 4.81. The topological polar surface area (TPSA) is 92.4 Å². The molecule has 134 valence electrons. The van der Waals surface area contributed by atoms with Gasteiger partial charge in [-0.2, -0.15) is 0 Å². The Morgan fingerprint density at radius 1 is 1.12 bits per heavy atom. The Labute approximate surface area is 164 Å². The summed E-state index contributed by atoms with van der Waals surface area (Å²) in [5, 5.41) is 13.4. The highest BCUT2D eigenvalue weighted by Crippen LogP contribution is 2.44. The Balaban J connectivity index is 2.34. The second-order valence-corrected chi connectivity index (χ2v) is 7.06. The van der Waals surface area contributed by atoms with Gasteiger partial charge in [-0.25, -0.2) is 4.79 Å². The summed E-state index contributed by atoms with van der Waals surface area (Å²) in [4.78, 5) is 23.8. The smallest absolute Gasteiger partial charge is 0.326 e. The van der Waals surface area contributed by atoms with Gasteiger partial charge in [0.15, 0.2) is 0 Å². The molecule has 1 amide bonds. The zero-order chi connectivity index (χ0) is 19.0. The minimum absolute atomic E-state index is 0.0223. The number of fused-ring (bicyclic) bond motifs is 1. The van der Waals surface area contributed by atoms with Crippen molar-refractivity contribution in [1.29, 1.82) is 0 Å². The summed E-state index contributed by atoms with van der Waals surface area (Å²) < 4.78 is 0. The van der Waals surface area contributed by atoms with Crippen LogP contribution in [-0.2, 0) is 9.59 Å². The molecule has 1 aliphatic heterocycles. The second kappa shape index (κ2) is 7.19. The van der Waals surface area contributed by atoms with E-state index in [1.807, 2.05) is 0 Å². The number of nitrogens with one attached hydrogen (secondary N) is 1. The van der Waals surface area contributed by atoms with Crippen molar-refractivity contribution in [3.05, 3.63) is 62.6 Å². The normalized spacial score (nSPS) is 17.9. The molecule has 0 spiro atoms. The molecular weight excluding hydrogens is 399 g/mol. The number of carboxylic acid groups (broad SMARTS) is 1. The van der Waals surface area contributed by atoms with E-state index < -0.39 is 17.9 Å². The van der Waals surface area contributed by atoms with Gasteiger partial charge in [0.05, 0.1) is 10.6 Å². The van der Waals surface area contributed by atoms with Crippen LogP contribution in [0.1, 0.15) is 17.5 Å². The number of rotatable bonds is 3. The number of carbonyl (C=O) groups excluding carboxylic acids is 1. The van der Waals surface area contributed by atoms with Crippen molar-refractivity contribution in [3.8, 4) is 0 Å². The van der Waals surface area contributed by atoms with Crippen LogP contribution in [0.5, 0.6) is 0 Å². The maximum absolute atomic E-state index is 12.3. The average Bonchev–Trinajstić information content (AvgIpc) is 2.53. The van der Waals surface area contributed by atoms with Gasteiger partial charge in [-0.15, -0.1) is 0 Å². The monoisotopic (exact) mass is 410 g/mol. The molecule has 8 heteroatoms. The minimum Gasteiger partial charge on any atom is -0.480 e. The molecule has 0 saturated carbocycles. The number of nitrogens with two attached hydrogens (primary N) is 1. The molecule has 0 fully saturated rings. The van der Waals surface area contributed by atoms with Crippen molar-refractivity contribution in [1.82, 2.24) is 0 Å². The van der Waals surface area contributed by atoms with Crippen molar-refractivity contribution >= 4 is 63.5 Å². The third-order valence-electron chi connectivity index (χ3n) is 4.05. The standard InChI is InChI=1S/C18H13Cl3N2O3/c19-9-3-1-2-8(4-9)15(17(22)24)11-7-14(18(25)26)23-13-6-10(20)5-12(21)16(11)13/h1-6,14,23H,7H2,(H2,22,24)(H,25,26)/b15-11+. The Morgan fingerprint density at radius 3 is 2.46 bits per heavy atom. The van der Waals surface area contributed by atoms with Crippen molar-refractivity contribution in [2.24, 2.45) is 5.73 Å². The summed E-state index contributed by atoms with van der Waals surface area (Å²) in [6.45, 7) is 0. The van der Waals surface area contributed by atoms with Crippen LogP contribution in [0.4, 0.5) is 5.69 Å². The largest absolute Gasteiger partial charge is 0.480 e. The van der Waals surface area contributed by atoms with E-state index in [1.165, 1.54) is 6.07 Å². The van der Waals surface area contributed by atoms with Crippen molar-refractivity contribution in [2.45, 2.75) is 12.5 Å². The lowest BCUT2D eigenvalue weighted by atomic mass is 9.86. The highest BCUT2D eigenvalue weighted by atomic mass is 35.5. The fourth-order valence-corrected chi connectivity index (χ4v) is 3.82. The Bertz CT molecular complexity index is 957. The first-order chi connectivity index (χ1) is 12.3. The Kier molecular flexibility index (Phi) is 5.14. The number of halogens is 3. The van der Waals surface area contributed by atoms with E-state index in [0.717, 1.165) is 0 Å². The molecule has 2 aromatic carbocycles. The van der Waals surface area contributed by atoms with Gasteiger partial charge in [0.2, 0.25) is 5.91 Å². The molecule has 1 aliphatic rings. The van der Waals surface area contributed by atoms with Crippen LogP contribution in [0.2, 0.25) is 15.1 Å². The van der Waals surface area contributed by atoms with E-state index in [4.69, 9.17) is 40.5 Å². The lowest BCUT2D eigenvalue weighted by Gasteiger charge is -2.29. The summed E-state index contributed by atoms with van der Waals surface area (Å²) >= 11 is 18.4. The van der Waals surface area contributed by atoms with Crippen LogP contribution in [0, 0.1) is 0 Å². The molecule has 26 heavy (non-hydrogen) atoms. The Morgan fingerprint density at radius 2 is 1.85 bits per heavy atom. The van der Waals surface area contributed by atoms with Gasteiger partial charge >= 0.3 is 5.97 Å². The molecule has 1 heterocycles. The molecule has 0 aromatic heterocycles. The van der Waals surface area contributed by atoms with Crippen LogP contribution in [0.25, 0.3) is 11.1 Å². The first-order valence-electron chi connectivity index (χ1n) is 7.55. The van der Waals surface area contributed by atoms with E-state index in [9.17, 15) is 14.7 Å². The summed E-state index contributed by atoms with van der Waals surface area (Å²) in [5.41, 5.74) is 7.66. The number of amides is 1. The number of anilines is 1. The van der Waals surface area contributed by atoms with Gasteiger partial charge in [-0.3, -0.25) is 4.79 Å². The zero-order valence-electron chi connectivity index (χ0n) is 13.2. The zero-order valence-corrected chi connectivity index (χ0v) is 15.5.